The van der Waals surface area contributed by atoms with Gasteiger partial charge in [0.15, 0.2) is 8.32 Å². The summed E-state index contributed by atoms with van der Waals surface area (Å²) in [5.74, 6) is -0.940. The zero-order valence-corrected chi connectivity index (χ0v) is 22.5. The third kappa shape index (κ3) is 5.78. The minimum absolute atomic E-state index is 0.0647. The fourth-order valence-corrected chi connectivity index (χ4v) is 6.49. The summed E-state index contributed by atoms with van der Waals surface area (Å²) < 4.78 is 16.8. The van der Waals surface area contributed by atoms with E-state index in [1.165, 1.54) is 6.08 Å². The molecule has 0 aromatic carbocycles. The largest absolute Gasteiger partial charge is 0.457 e. The van der Waals surface area contributed by atoms with E-state index in [0.717, 1.165) is 24.0 Å². The van der Waals surface area contributed by atoms with Crippen molar-refractivity contribution < 1.29 is 28.3 Å². The summed E-state index contributed by atoms with van der Waals surface area (Å²) in [7, 11) is -1.84. The van der Waals surface area contributed by atoms with Crippen LogP contribution in [0.1, 0.15) is 33.1 Å². The zero-order valence-electron chi connectivity index (χ0n) is 21.5. The molecule has 0 bridgehead atoms. The highest BCUT2D eigenvalue weighted by Crippen LogP contribution is 2.47. The van der Waals surface area contributed by atoms with Crippen molar-refractivity contribution in [2.45, 2.75) is 70.9 Å². The summed E-state index contributed by atoms with van der Waals surface area (Å²) in [6.07, 6.45) is 6.66. The number of esters is 1. The van der Waals surface area contributed by atoms with Gasteiger partial charge < -0.3 is 23.7 Å². The summed E-state index contributed by atoms with van der Waals surface area (Å²) in [6, 6.07) is -0.283. The molecule has 3 rings (SSSR count). The highest BCUT2D eigenvalue weighted by Gasteiger charge is 2.57. The molecule has 3 heterocycles. The number of carbonyl (C=O) groups is 3. The van der Waals surface area contributed by atoms with E-state index in [1.54, 1.807) is 15.9 Å². The van der Waals surface area contributed by atoms with Crippen LogP contribution in [-0.4, -0.2) is 74.0 Å². The van der Waals surface area contributed by atoms with Crippen molar-refractivity contribution in [2.24, 2.45) is 5.92 Å². The van der Waals surface area contributed by atoms with Gasteiger partial charge in [-0.15, -0.1) is 0 Å². The normalized spacial score (nSPS) is 25.2. The number of carbonyl (C=O) groups excluding carboxylic acids is 3. The zero-order chi connectivity index (χ0) is 25.9. The van der Waals surface area contributed by atoms with Crippen molar-refractivity contribution in [2.75, 3.05) is 19.8 Å². The van der Waals surface area contributed by atoms with E-state index in [9.17, 15) is 14.4 Å². The van der Waals surface area contributed by atoms with Gasteiger partial charge in [-0.25, -0.2) is 9.59 Å². The van der Waals surface area contributed by atoms with Gasteiger partial charge in [-0.2, -0.15) is 0 Å². The van der Waals surface area contributed by atoms with Gasteiger partial charge >= 0.3 is 12.1 Å². The predicted octanol–water partition coefficient (Wildman–Crippen LogP) is 4.17. The quantitative estimate of drug-likeness (QED) is 0.193. The Bertz CT molecular complexity index is 950. The molecule has 2 saturated heterocycles. The van der Waals surface area contributed by atoms with Crippen molar-refractivity contribution in [1.29, 1.82) is 0 Å². The maximum atomic E-state index is 13.2. The van der Waals surface area contributed by atoms with Crippen LogP contribution in [0.25, 0.3) is 0 Å². The number of ether oxygens (including phenoxy) is 2. The topological polar surface area (TPSA) is 85.4 Å². The first kappa shape index (κ1) is 26.9. The summed E-state index contributed by atoms with van der Waals surface area (Å²) in [4.78, 5) is 42.0. The lowest BCUT2D eigenvalue weighted by Gasteiger charge is -2.47. The molecule has 3 aliphatic heterocycles. The number of hydrogen-bond donors (Lipinski definition) is 0. The molecule has 35 heavy (non-hydrogen) atoms. The van der Waals surface area contributed by atoms with E-state index in [4.69, 9.17) is 13.9 Å². The Balaban J connectivity index is 1.87. The second kappa shape index (κ2) is 10.9. The van der Waals surface area contributed by atoms with Gasteiger partial charge in [-0.3, -0.25) is 4.79 Å². The molecule has 0 aromatic heterocycles. The fraction of sp³-hybridized carbons (Fsp3) is 0.577. The second-order valence-electron chi connectivity index (χ2n) is 10.3. The summed E-state index contributed by atoms with van der Waals surface area (Å²) in [5, 5.41) is 0. The standard InChI is InChI=1S/C26H38N2O6Si/c1-8-13-32-25(30)23-20(16-21-22(24(29)28(21)23)18(4)34-35(5,6)7)17(3)15-19-11-10-12-27(19)26(31)33-14-9-2/h8-9,15,18-19,21-22H,1-2,10-14,16H2,3-7H3/b17-15+/t18-,19+,21-,22-/m1/s1. The lowest BCUT2D eigenvalue weighted by Crippen LogP contribution is -2.63. The Morgan fingerprint density at radius 2 is 1.83 bits per heavy atom. The Hall–Kier alpha value is -2.65. The first-order valence-corrected chi connectivity index (χ1v) is 15.7. The number of β-lactam (4-membered cyclic amide) rings is 1. The van der Waals surface area contributed by atoms with Gasteiger partial charge in [-0.1, -0.05) is 31.4 Å². The third-order valence-electron chi connectivity index (χ3n) is 6.56. The van der Waals surface area contributed by atoms with Gasteiger partial charge in [0.25, 0.3) is 0 Å². The Morgan fingerprint density at radius 1 is 1.17 bits per heavy atom. The molecule has 0 spiro atoms. The van der Waals surface area contributed by atoms with Crippen LogP contribution in [0.5, 0.6) is 0 Å². The van der Waals surface area contributed by atoms with Crippen LogP contribution in [0.2, 0.25) is 19.6 Å². The molecule has 2 amide bonds. The molecule has 0 unspecified atom stereocenters. The smallest absolute Gasteiger partial charge is 0.410 e. The molecule has 0 N–H and O–H groups in total. The van der Waals surface area contributed by atoms with E-state index < -0.39 is 14.3 Å². The number of hydrogen-bond acceptors (Lipinski definition) is 6. The summed E-state index contributed by atoms with van der Waals surface area (Å²) in [5.41, 5.74) is 1.95. The van der Waals surface area contributed by atoms with Crippen molar-refractivity contribution in [3.8, 4) is 0 Å². The number of amides is 2. The van der Waals surface area contributed by atoms with E-state index in [2.05, 4.69) is 32.8 Å². The predicted molar refractivity (Wildman–Crippen MR) is 136 cm³/mol. The van der Waals surface area contributed by atoms with Crippen LogP contribution in [0, 0.1) is 5.92 Å². The molecule has 4 atom stereocenters. The SMILES string of the molecule is C=CCOC(=O)C1=C(/C(C)=C/[C@@H]2CCCN2C(=O)OCC=C)C[C@@H]2[C@@H]([C@@H](C)O[Si](C)(C)C)C(=O)N12. The minimum Gasteiger partial charge on any atom is -0.457 e. The molecule has 2 fully saturated rings. The molecule has 0 aromatic rings. The van der Waals surface area contributed by atoms with Crippen LogP contribution in [-0.2, 0) is 23.5 Å². The first-order chi connectivity index (χ1) is 16.5. The molecule has 8 nitrogen and oxygen atoms in total. The second-order valence-corrected chi connectivity index (χ2v) is 14.7. The molecular formula is C26H38N2O6Si. The minimum atomic E-state index is -1.84. The Labute approximate surface area is 209 Å². The average Bonchev–Trinajstić information content (AvgIpc) is 3.37. The van der Waals surface area contributed by atoms with Gasteiger partial charge in [-0.05, 0) is 63.9 Å². The number of fused-ring (bicyclic) bond motifs is 1. The number of rotatable bonds is 10. The number of allylic oxidation sites excluding steroid dienone is 1. The van der Waals surface area contributed by atoms with Crippen LogP contribution in [0.4, 0.5) is 4.79 Å². The van der Waals surface area contributed by atoms with Crippen LogP contribution < -0.4 is 0 Å². The van der Waals surface area contributed by atoms with Crippen LogP contribution in [0.3, 0.4) is 0 Å². The van der Waals surface area contributed by atoms with Crippen LogP contribution >= 0.6 is 0 Å². The molecule has 0 aliphatic carbocycles. The van der Waals surface area contributed by atoms with Crippen LogP contribution in [0.15, 0.2) is 48.2 Å². The van der Waals surface area contributed by atoms with E-state index >= 15 is 0 Å². The molecular weight excluding hydrogens is 464 g/mol. The lowest BCUT2D eigenvalue weighted by molar-refractivity contribution is -0.161. The summed E-state index contributed by atoms with van der Waals surface area (Å²) >= 11 is 0. The van der Waals surface area contributed by atoms with E-state index in [-0.39, 0.29) is 49.3 Å². The van der Waals surface area contributed by atoms with Gasteiger partial charge in [0.2, 0.25) is 5.91 Å². The monoisotopic (exact) mass is 502 g/mol. The van der Waals surface area contributed by atoms with Gasteiger partial charge in [0.1, 0.15) is 18.9 Å². The summed E-state index contributed by atoms with van der Waals surface area (Å²) in [6.45, 7) is 18.2. The van der Waals surface area contributed by atoms with Gasteiger partial charge in [0, 0.05) is 6.54 Å². The highest BCUT2D eigenvalue weighted by atomic mass is 28.4. The Kier molecular flexibility index (Phi) is 8.43. The van der Waals surface area contributed by atoms with Crippen molar-refractivity contribution in [3.05, 3.63) is 48.2 Å². The van der Waals surface area contributed by atoms with Gasteiger partial charge in [0.05, 0.1) is 24.1 Å². The number of likely N-dealkylation sites (tertiary alicyclic amines) is 1. The Morgan fingerprint density at radius 3 is 2.46 bits per heavy atom. The highest BCUT2D eigenvalue weighted by molar-refractivity contribution is 6.69. The molecule has 0 radical (unpaired) electrons. The third-order valence-corrected chi connectivity index (χ3v) is 7.64. The maximum Gasteiger partial charge on any atom is 0.410 e. The van der Waals surface area contributed by atoms with Crippen molar-refractivity contribution >= 4 is 26.3 Å². The molecule has 0 saturated carbocycles. The van der Waals surface area contributed by atoms with Crippen molar-refractivity contribution in [3.63, 3.8) is 0 Å². The first-order valence-electron chi connectivity index (χ1n) is 12.2. The molecule has 3 aliphatic rings. The lowest BCUT2D eigenvalue weighted by atomic mass is 9.82. The number of nitrogens with zero attached hydrogens (tertiary/aromatic N) is 2. The fourth-order valence-electron chi connectivity index (χ4n) is 5.22. The molecule has 192 valence electrons. The molecule has 9 heteroatoms. The van der Waals surface area contributed by atoms with E-state index in [1.807, 2.05) is 19.9 Å². The van der Waals surface area contributed by atoms with Crippen molar-refractivity contribution in [1.82, 2.24) is 9.80 Å². The maximum absolute atomic E-state index is 13.2. The average molecular weight is 503 g/mol. The van der Waals surface area contributed by atoms with E-state index in [0.29, 0.717) is 18.7 Å².